The molecule has 2 N–H and O–H groups in total. The number of furan rings is 1. The van der Waals surface area contributed by atoms with E-state index in [0.29, 0.717) is 5.76 Å². The van der Waals surface area contributed by atoms with Crippen LogP contribution in [0.3, 0.4) is 0 Å². The van der Waals surface area contributed by atoms with E-state index in [1.165, 1.54) is 25.7 Å². The summed E-state index contributed by atoms with van der Waals surface area (Å²) < 4.78 is 29.9. The zero-order valence-corrected chi connectivity index (χ0v) is 14.2. The van der Waals surface area contributed by atoms with E-state index in [2.05, 4.69) is 10.0 Å². The van der Waals surface area contributed by atoms with Gasteiger partial charge in [0.25, 0.3) is 5.91 Å². The number of hydrogen-bond acceptors (Lipinski definition) is 4. The Balaban J connectivity index is 1.52. The lowest BCUT2D eigenvalue weighted by atomic mass is 9.82. The highest BCUT2D eigenvalue weighted by atomic mass is 32.2. The third-order valence-corrected chi connectivity index (χ3v) is 5.40. The van der Waals surface area contributed by atoms with E-state index in [1.54, 1.807) is 12.1 Å². The number of rotatable bonds is 6. The monoisotopic (exact) mass is 340 g/mol. The Labute approximate surface area is 137 Å². The van der Waals surface area contributed by atoms with Gasteiger partial charge in [0.05, 0.1) is 12.8 Å². The molecule has 0 bridgehead atoms. The third-order valence-electron chi connectivity index (χ3n) is 4.73. The normalized spacial score (nSPS) is 25.3. The Morgan fingerprint density at radius 1 is 1.22 bits per heavy atom. The molecule has 1 heterocycles. The van der Waals surface area contributed by atoms with Gasteiger partial charge in [0, 0.05) is 6.04 Å². The van der Waals surface area contributed by atoms with Crippen molar-refractivity contribution in [2.75, 3.05) is 6.26 Å². The SMILES string of the molecule is CS(=O)(=O)NCc1ccc(C(=O)N[C@@H]2CCC[C@@H](C3CC3)C2)o1. The molecule has 7 heteroatoms. The average molecular weight is 340 g/mol. The molecule has 2 atom stereocenters. The molecule has 1 aromatic heterocycles. The summed E-state index contributed by atoms with van der Waals surface area (Å²) in [7, 11) is -3.27. The van der Waals surface area contributed by atoms with Gasteiger partial charge in [0.2, 0.25) is 10.0 Å². The minimum atomic E-state index is -3.27. The van der Waals surface area contributed by atoms with E-state index < -0.39 is 10.0 Å². The maximum atomic E-state index is 12.3. The van der Waals surface area contributed by atoms with Crippen LogP contribution in [0.5, 0.6) is 0 Å². The highest BCUT2D eigenvalue weighted by molar-refractivity contribution is 7.88. The lowest BCUT2D eigenvalue weighted by molar-refractivity contribution is 0.0887. The Morgan fingerprint density at radius 3 is 2.70 bits per heavy atom. The molecule has 6 nitrogen and oxygen atoms in total. The van der Waals surface area contributed by atoms with Crippen LogP contribution in [0, 0.1) is 11.8 Å². The molecule has 1 aromatic rings. The van der Waals surface area contributed by atoms with Crippen LogP contribution in [-0.4, -0.2) is 26.6 Å². The molecule has 0 aromatic carbocycles. The Hall–Kier alpha value is -1.34. The first-order valence-corrected chi connectivity index (χ1v) is 10.1. The predicted molar refractivity (Wildman–Crippen MR) is 86.3 cm³/mol. The number of hydrogen-bond donors (Lipinski definition) is 2. The topological polar surface area (TPSA) is 88.4 Å². The maximum Gasteiger partial charge on any atom is 0.287 e. The molecule has 1 amide bonds. The molecule has 3 rings (SSSR count). The van der Waals surface area contributed by atoms with Gasteiger partial charge in [-0.3, -0.25) is 4.79 Å². The van der Waals surface area contributed by atoms with Crippen LogP contribution in [0.25, 0.3) is 0 Å². The van der Waals surface area contributed by atoms with Gasteiger partial charge in [-0.15, -0.1) is 0 Å². The van der Waals surface area contributed by atoms with E-state index >= 15 is 0 Å². The molecule has 2 aliphatic carbocycles. The van der Waals surface area contributed by atoms with Crippen molar-refractivity contribution >= 4 is 15.9 Å². The van der Waals surface area contributed by atoms with Gasteiger partial charge in [0.15, 0.2) is 5.76 Å². The van der Waals surface area contributed by atoms with Crippen LogP contribution >= 0.6 is 0 Å². The molecule has 0 unspecified atom stereocenters. The number of amides is 1. The zero-order valence-electron chi connectivity index (χ0n) is 13.4. The summed E-state index contributed by atoms with van der Waals surface area (Å²) in [5.74, 6) is 2.10. The summed E-state index contributed by atoms with van der Waals surface area (Å²) in [5, 5.41) is 3.06. The summed E-state index contributed by atoms with van der Waals surface area (Å²) >= 11 is 0. The lowest BCUT2D eigenvalue weighted by Gasteiger charge is -2.29. The first-order valence-electron chi connectivity index (χ1n) is 8.25. The molecule has 0 aliphatic heterocycles. The first kappa shape index (κ1) is 16.5. The van der Waals surface area contributed by atoms with Gasteiger partial charge in [-0.25, -0.2) is 13.1 Å². The van der Waals surface area contributed by atoms with E-state index in [1.807, 2.05) is 0 Å². The van der Waals surface area contributed by atoms with Gasteiger partial charge in [0.1, 0.15) is 5.76 Å². The summed E-state index contributed by atoms with van der Waals surface area (Å²) in [6, 6.07) is 3.45. The molecule has 2 aliphatic rings. The van der Waals surface area contributed by atoms with Crippen molar-refractivity contribution in [2.45, 2.75) is 51.1 Å². The van der Waals surface area contributed by atoms with E-state index in [4.69, 9.17) is 4.42 Å². The molecular weight excluding hydrogens is 316 g/mol. The van der Waals surface area contributed by atoms with E-state index in [0.717, 1.165) is 30.9 Å². The number of carbonyl (C=O) groups excluding carboxylic acids is 1. The minimum Gasteiger partial charge on any atom is -0.455 e. The standard InChI is InChI=1S/C16H24N2O4S/c1-23(20,21)17-10-14-7-8-15(22-14)16(19)18-13-4-2-3-12(9-13)11-5-6-11/h7-8,11-13,17H,2-6,9-10H2,1H3,(H,18,19)/t12-,13-/m1/s1. The summed E-state index contributed by atoms with van der Waals surface area (Å²) in [4.78, 5) is 12.3. The second kappa shape index (κ2) is 6.65. The Morgan fingerprint density at radius 2 is 2.00 bits per heavy atom. The van der Waals surface area contributed by atoms with E-state index in [9.17, 15) is 13.2 Å². The molecular formula is C16H24N2O4S. The summed E-state index contributed by atoms with van der Waals surface area (Å²) in [5.41, 5.74) is 0. The fourth-order valence-corrected chi connectivity index (χ4v) is 3.81. The molecule has 2 fully saturated rings. The highest BCUT2D eigenvalue weighted by Crippen LogP contribution is 2.43. The van der Waals surface area contributed by atoms with Crippen molar-refractivity contribution in [2.24, 2.45) is 11.8 Å². The van der Waals surface area contributed by atoms with Gasteiger partial charge < -0.3 is 9.73 Å². The number of carbonyl (C=O) groups is 1. The number of sulfonamides is 1. The quantitative estimate of drug-likeness (QED) is 0.829. The highest BCUT2D eigenvalue weighted by Gasteiger charge is 2.35. The summed E-state index contributed by atoms with van der Waals surface area (Å²) in [6.07, 6.45) is 8.34. The largest absolute Gasteiger partial charge is 0.455 e. The van der Waals surface area contributed by atoms with Crippen molar-refractivity contribution in [1.29, 1.82) is 0 Å². The molecule has 0 saturated heterocycles. The van der Waals surface area contributed by atoms with Crippen LogP contribution in [0.2, 0.25) is 0 Å². The van der Waals surface area contributed by atoms with Crippen LogP contribution in [0.4, 0.5) is 0 Å². The summed E-state index contributed by atoms with van der Waals surface area (Å²) in [6.45, 7) is 0.0549. The van der Waals surface area contributed by atoms with Gasteiger partial charge in [-0.05, 0) is 49.7 Å². The smallest absolute Gasteiger partial charge is 0.287 e. The second-order valence-electron chi connectivity index (χ2n) is 6.79. The van der Waals surface area contributed by atoms with Crippen LogP contribution in [-0.2, 0) is 16.6 Å². The fraction of sp³-hybridized carbons (Fsp3) is 0.688. The first-order chi connectivity index (χ1) is 10.9. The minimum absolute atomic E-state index is 0.0549. The van der Waals surface area contributed by atoms with Crippen LogP contribution in [0.1, 0.15) is 54.8 Å². The molecule has 23 heavy (non-hydrogen) atoms. The van der Waals surface area contributed by atoms with Crippen molar-refractivity contribution in [1.82, 2.24) is 10.0 Å². The second-order valence-corrected chi connectivity index (χ2v) is 8.63. The molecule has 128 valence electrons. The van der Waals surface area contributed by atoms with Crippen molar-refractivity contribution in [3.05, 3.63) is 23.7 Å². The molecule has 0 spiro atoms. The molecule has 2 saturated carbocycles. The lowest BCUT2D eigenvalue weighted by Crippen LogP contribution is -2.38. The fourth-order valence-electron chi connectivity index (χ4n) is 3.41. The van der Waals surface area contributed by atoms with E-state index in [-0.39, 0.29) is 24.3 Å². The third kappa shape index (κ3) is 4.81. The van der Waals surface area contributed by atoms with Gasteiger partial charge in [-0.2, -0.15) is 0 Å². The average Bonchev–Trinajstić information content (AvgIpc) is 3.23. The number of nitrogens with one attached hydrogen (secondary N) is 2. The van der Waals surface area contributed by atoms with Gasteiger partial charge >= 0.3 is 0 Å². The maximum absolute atomic E-state index is 12.3. The van der Waals surface area contributed by atoms with Gasteiger partial charge in [-0.1, -0.05) is 12.8 Å². The zero-order chi connectivity index (χ0) is 16.4. The van der Waals surface area contributed by atoms with Crippen molar-refractivity contribution in [3.63, 3.8) is 0 Å². The van der Waals surface area contributed by atoms with Crippen molar-refractivity contribution in [3.8, 4) is 0 Å². The van der Waals surface area contributed by atoms with Crippen LogP contribution < -0.4 is 10.0 Å². The van der Waals surface area contributed by atoms with Crippen LogP contribution in [0.15, 0.2) is 16.5 Å². The Bertz CT molecular complexity index is 663. The van der Waals surface area contributed by atoms with Crippen molar-refractivity contribution < 1.29 is 17.6 Å². The molecule has 0 radical (unpaired) electrons. The predicted octanol–water partition coefficient (Wildman–Crippen LogP) is 2.03. The Kier molecular flexibility index (Phi) is 4.77.